The summed E-state index contributed by atoms with van der Waals surface area (Å²) in [6.07, 6.45) is 1.37. The van der Waals surface area contributed by atoms with Crippen LogP contribution in [0.5, 0.6) is 0 Å². The molecule has 0 bridgehead atoms. The summed E-state index contributed by atoms with van der Waals surface area (Å²) in [5, 5.41) is 3.36. The molecule has 142 valence electrons. The predicted molar refractivity (Wildman–Crippen MR) is 104 cm³/mol. The molecule has 2 aromatic rings. The van der Waals surface area contributed by atoms with Gasteiger partial charge in [0.1, 0.15) is 12.4 Å². The molecule has 0 unspecified atom stereocenters. The van der Waals surface area contributed by atoms with E-state index in [0.29, 0.717) is 23.6 Å². The molecule has 1 aliphatic rings. The lowest BCUT2D eigenvalue weighted by atomic mass is 9.93. The maximum Gasteiger partial charge on any atom is 0.244 e. The first kappa shape index (κ1) is 19.4. The molecule has 1 N–H and O–H groups in total. The number of fused-ring (bicyclic) bond motifs is 1. The third-order valence-corrected chi connectivity index (χ3v) is 5.25. The highest BCUT2D eigenvalue weighted by Gasteiger charge is 2.35. The van der Waals surface area contributed by atoms with Crippen LogP contribution in [0.3, 0.4) is 0 Å². The lowest BCUT2D eigenvalue weighted by Gasteiger charge is -2.33. The standard InChI is InChI=1S/C21H22ClFN2O2/c1-3-13(4-2)21(27)25-12-19(26)24-18-10-7-15(22)11-17(18)20(25)14-5-8-16(23)9-6-14/h5-11,13,20H,3-4,12H2,1-2H3,(H,24,26)/t20-/m0/s1. The Morgan fingerprint density at radius 3 is 2.52 bits per heavy atom. The highest BCUT2D eigenvalue weighted by atomic mass is 35.5. The molecule has 2 amide bonds. The number of carbonyl (C=O) groups excluding carboxylic acids is 2. The minimum Gasteiger partial charge on any atom is -0.324 e. The van der Waals surface area contributed by atoms with Gasteiger partial charge in [-0.15, -0.1) is 0 Å². The highest BCUT2D eigenvalue weighted by molar-refractivity contribution is 6.30. The van der Waals surface area contributed by atoms with Crippen molar-refractivity contribution in [3.05, 3.63) is 64.4 Å². The van der Waals surface area contributed by atoms with Gasteiger partial charge in [0.05, 0.1) is 6.04 Å². The van der Waals surface area contributed by atoms with Gasteiger partial charge < -0.3 is 10.2 Å². The zero-order valence-electron chi connectivity index (χ0n) is 15.3. The number of hydrogen-bond donors (Lipinski definition) is 1. The van der Waals surface area contributed by atoms with Crippen LogP contribution in [-0.4, -0.2) is 23.3 Å². The first-order valence-electron chi connectivity index (χ1n) is 9.09. The van der Waals surface area contributed by atoms with Crippen LogP contribution in [0.25, 0.3) is 0 Å². The molecule has 1 atom stereocenters. The largest absolute Gasteiger partial charge is 0.324 e. The Bertz CT molecular complexity index is 850. The number of hydrogen-bond acceptors (Lipinski definition) is 2. The first-order valence-corrected chi connectivity index (χ1v) is 9.47. The first-order chi connectivity index (χ1) is 12.9. The Balaban J connectivity index is 2.18. The summed E-state index contributed by atoms with van der Waals surface area (Å²) >= 11 is 6.21. The van der Waals surface area contributed by atoms with Crippen LogP contribution >= 0.6 is 11.6 Å². The van der Waals surface area contributed by atoms with Crippen LogP contribution in [0.15, 0.2) is 42.5 Å². The van der Waals surface area contributed by atoms with Crippen molar-refractivity contribution < 1.29 is 14.0 Å². The molecule has 2 aromatic carbocycles. The molecule has 0 aliphatic carbocycles. The molecule has 1 aliphatic heterocycles. The fourth-order valence-corrected chi connectivity index (χ4v) is 3.74. The van der Waals surface area contributed by atoms with E-state index in [1.54, 1.807) is 35.2 Å². The quantitative estimate of drug-likeness (QED) is 0.818. The average molecular weight is 389 g/mol. The molecule has 4 nitrogen and oxygen atoms in total. The zero-order chi connectivity index (χ0) is 19.6. The van der Waals surface area contributed by atoms with Crippen LogP contribution in [0, 0.1) is 11.7 Å². The van der Waals surface area contributed by atoms with Crippen LogP contribution in [0.2, 0.25) is 5.02 Å². The van der Waals surface area contributed by atoms with Gasteiger partial charge in [-0.1, -0.05) is 37.6 Å². The molecule has 0 spiro atoms. The molecular formula is C21H22ClFN2O2. The molecular weight excluding hydrogens is 367 g/mol. The minimum absolute atomic E-state index is 0.0658. The normalized spacial score (nSPS) is 16.7. The van der Waals surface area contributed by atoms with E-state index in [0.717, 1.165) is 11.1 Å². The molecule has 27 heavy (non-hydrogen) atoms. The predicted octanol–water partition coefficient (Wildman–Crippen LogP) is 4.79. The number of benzene rings is 2. The second-order valence-electron chi connectivity index (χ2n) is 6.71. The Morgan fingerprint density at radius 1 is 1.22 bits per heavy atom. The monoisotopic (exact) mass is 388 g/mol. The molecule has 0 saturated heterocycles. The van der Waals surface area contributed by atoms with Crippen molar-refractivity contribution in [2.45, 2.75) is 32.7 Å². The minimum atomic E-state index is -0.522. The third-order valence-electron chi connectivity index (χ3n) is 5.01. The van der Waals surface area contributed by atoms with Crippen molar-refractivity contribution in [1.82, 2.24) is 4.90 Å². The summed E-state index contributed by atoms with van der Waals surface area (Å²) in [7, 11) is 0. The van der Waals surface area contributed by atoms with Gasteiger partial charge in [0.25, 0.3) is 0 Å². The van der Waals surface area contributed by atoms with E-state index in [4.69, 9.17) is 11.6 Å². The van der Waals surface area contributed by atoms with Crippen molar-refractivity contribution in [2.75, 3.05) is 11.9 Å². The third kappa shape index (κ3) is 3.98. The van der Waals surface area contributed by atoms with Gasteiger partial charge in [0.2, 0.25) is 11.8 Å². The van der Waals surface area contributed by atoms with Gasteiger partial charge in [-0.25, -0.2) is 4.39 Å². The van der Waals surface area contributed by atoms with Crippen LogP contribution < -0.4 is 5.32 Å². The number of amides is 2. The van der Waals surface area contributed by atoms with Crippen molar-refractivity contribution in [2.24, 2.45) is 5.92 Å². The fraction of sp³-hybridized carbons (Fsp3) is 0.333. The number of carbonyl (C=O) groups is 2. The second kappa shape index (κ2) is 8.09. The SMILES string of the molecule is CCC(CC)C(=O)N1CC(=O)Nc2ccc(Cl)cc2[C@@H]1c1ccc(F)cc1. The van der Waals surface area contributed by atoms with Crippen LogP contribution in [-0.2, 0) is 9.59 Å². The van der Waals surface area contributed by atoms with Crippen molar-refractivity contribution in [3.63, 3.8) is 0 Å². The maximum atomic E-state index is 13.5. The van der Waals surface area contributed by atoms with Gasteiger partial charge in [-0.05, 0) is 48.7 Å². The smallest absolute Gasteiger partial charge is 0.244 e. The van der Waals surface area contributed by atoms with Crippen molar-refractivity contribution >= 4 is 29.1 Å². The zero-order valence-corrected chi connectivity index (χ0v) is 16.1. The van der Waals surface area contributed by atoms with E-state index in [1.165, 1.54) is 12.1 Å². The van der Waals surface area contributed by atoms with Gasteiger partial charge in [0.15, 0.2) is 0 Å². The van der Waals surface area contributed by atoms with E-state index in [2.05, 4.69) is 5.32 Å². The Kier molecular flexibility index (Phi) is 5.80. The van der Waals surface area contributed by atoms with E-state index < -0.39 is 6.04 Å². The maximum absolute atomic E-state index is 13.5. The van der Waals surface area contributed by atoms with E-state index in [1.807, 2.05) is 13.8 Å². The molecule has 3 rings (SSSR count). The van der Waals surface area contributed by atoms with Gasteiger partial charge in [-0.2, -0.15) is 0 Å². The topological polar surface area (TPSA) is 49.4 Å². The van der Waals surface area contributed by atoms with Crippen LogP contribution in [0.1, 0.15) is 43.9 Å². The Hall–Kier alpha value is -2.40. The van der Waals surface area contributed by atoms with E-state index in [9.17, 15) is 14.0 Å². The lowest BCUT2D eigenvalue weighted by molar-refractivity contribution is -0.140. The number of nitrogens with zero attached hydrogens (tertiary/aromatic N) is 1. The lowest BCUT2D eigenvalue weighted by Crippen LogP contribution is -2.42. The summed E-state index contributed by atoms with van der Waals surface area (Å²) in [5.74, 6) is -0.882. The molecule has 1 heterocycles. The molecule has 0 radical (unpaired) electrons. The van der Waals surface area contributed by atoms with Gasteiger partial charge >= 0.3 is 0 Å². The summed E-state index contributed by atoms with van der Waals surface area (Å²) < 4.78 is 13.5. The Labute approximate surface area is 163 Å². The number of rotatable bonds is 4. The van der Waals surface area contributed by atoms with Crippen molar-refractivity contribution in [3.8, 4) is 0 Å². The molecule has 6 heteroatoms. The number of nitrogens with one attached hydrogen (secondary N) is 1. The summed E-state index contributed by atoms with van der Waals surface area (Å²) in [6.45, 7) is 3.85. The summed E-state index contributed by atoms with van der Waals surface area (Å²) in [6, 6.07) is 10.7. The number of anilines is 1. The molecule has 0 saturated carbocycles. The number of halogens is 2. The van der Waals surface area contributed by atoms with Gasteiger partial charge in [-0.3, -0.25) is 9.59 Å². The van der Waals surface area contributed by atoms with E-state index in [-0.39, 0.29) is 30.1 Å². The highest BCUT2D eigenvalue weighted by Crippen LogP contribution is 2.38. The Morgan fingerprint density at radius 2 is 1.89 bits per heavy atom. The molecule has 0 aromatic heterocycles. The van der Waals surface area contributed by atoms with Crippen molar-refractivity contribution in [1.29, 1.82) is 0 Å². The van der Waals surface area contributed by atoms with E-state index >= 15 is 0 Å². The second-order valence-corrected chi connectivity index (χ2v) is 7.15. The van der Waals surface area contributed by atoms with Crippen LogP contribution in [0.4, 0.5) is 10.1 Å². The molecule has 0 fully saturated rings. The fourth-order valence-electron chi connectivity index (χ4n) is 3.56. The van der Waals surface area contributed by atoms with Gasteiger partial charge in [0, 0.05) is 22.2 Å². The average Bonchev–Trinajstić information content (AvgIpc) is 2.79. The summed E-state index contributed by atoms with van der Waals surface area (Å²) in [4.78, 5) is 27.3. The summed E-state index contributed by atoms with van der Waals surface area (Å²) in [5.41, 5.74) is 2.06.